The molecule has 2 aromatic rings. The van der Waals surface area contributed by atoms with Crippen LogP contribution in [0.3, 0.4) is 0 Å². The lowest BCUT2D eigenvalue weighted by Crippen LogP contribution is -2.42. The fraction of sp³-hybridized carbons (Fsp3) is 0.350. The highest BCUT2D eigenvalue weighted by atomic mass is 32.2. The summed E-state index contributed by atoms with van der Waals surface area (Å²) in [6.07, 6.45) is 1.90. The summed E-state index contributed by atoms with van der Waals surface area (Å²) in [4.78, 5) is 12.6. The third-order valence-electron chi connectivity index (χ3n) is 4.46. The molecule has 6 nitrogen and oxygen atoms in total. The third-order valence-corrected chi connectivity index (χ3v) is 6.25. The third kappa shape index (κ3) is 4.87. The van der Waals surface area contributed by atoms with E-state index in [0.717, 1.165) is 22.7 Å². The second-order valence-corrected chi connectivity index (χ2v) is 8.47. The van der Waals surface area contributed by atoms with Crippen molar-refractivity contribution in [1.29, 1.82) is 0 Å². The predicted molar refractivity (Wildman–Crippen MR) is 104 cm³/mol. The lowest BCUT2D eigenvalue weighted by atomic mass is 10.2. The summed E-state index contributed by atoms with van der Waals surface area (Å²) < 4.78 is 33.0. The van der Waals surface area contributed by atoms with Gasteiger partial charge in [-0.05, 0) is 49.6 Å². The van der Waals surface area contributed by atoms with E-state index >= 15 is 0 Å². The van der Waals surface area contributed by atoms with E-state index in [1.54, 1.807) is 36.4 Å². The summed E-state index contributed by atoms with van der Waals surface area (Å²) >= 11 is 0. The molecule has 0 saturated carbocycles. The average molecular weight is 388 g/mol. The number of hydrogen-bond donors (Lipinski definition) is 1. The van der Waals surface area contributed by atoms with Crippen molar-refractivity contribution in [1.82, 2.24) is 5.32 Å². The Morgan fingerprint density at radius 2 is 1.96 bits per heavy atom. The van der Waals surface area contributed by atoms with Crippen molar-refractivity contribution in [2.24, 2.45) is 0 Å². The van der Waals surface area contributed by atoms with Gasteiger partial charge >= 0.3 is 0 Å². The van der Waals surface area contributed by atoms with Gasteiger partial charge in [-0.1, -0.05) is 30.3 Å². The maximum Gasteiger partial charge on any atom is 0.264 e. The molecular weight excluding hydrogens is 364 g/mol. The minimum Gasteiger partial charge on any atom is -0.376 e. The van der Waals surface area contributed by atoms with Crippen molar-refractivity contribution in [3.05, 3.63) is 60.2 Å². The van der Waals surface area contributed by atoms with Crippen LogP contribution in [0.4, 0.5) is 5.69 Å². The van der Waals surface area contributed by atoms with E-state index in [-0.39, 0.29) is 23.5 Å². The second kappa shape index (κ2) is 8.54. The van der Waals surface area contributed by atoms with Crippen molar-refractivity contribution in [3.8, 4) is 0 Å². The van der Waals surface area contributed by atoms with E-state index in [2.05, 4.69) is 5.32 Å². The molecule has 0 radical (unpaired) electrons. The number of benzene rings is 2. The molecule has 1 atom stereocenters. The van der Waals surface area contributed by atoms with Crippen LogP contribution in [0, 0.1) is 6.92 Å². The monoisotopic (exact) mass is 388 g/mol. The summed E-state index contributed by atoms with van der Waals surface area (Å²) in [6, 6.07) is 15.3. The maximum absolute atomic E-state index is 13.2. The van der Waals surface area contributed by atoms with E-state index < -0.39 is 10.0 Å². The van der Waals surface area contributed by atoms with Crippen molar-refractivity contribution in [2.45, 2.75) is 30.8 Å². The van der Waals surface area contributed by atoms with E-state index in [1.165, 1.54) is 12.1 Å². The number of nitrogens with zero attached hydrogens (tertiary/aromatic N) is 1. The van der Waals surface area contributed by atoms with Gasteiger partial charge in [0.25, 0.3) is 10.0 Å². The first-order valence-electron chi connectivity index (χ1n) is 8.99. The quantitative estimate of drug-likeness (QED) is 0.791. The Hall–Kier alpha value is -2.38. The molecule has 1 heterocycles. The Labute approximate surface area is 160 Å². The topological polar surface area (TPSA) is 75.7 Å². The first-order valence-corrected chi connectivity index (χ1v) is 10.4. The highest BCUT2D eigenvalue weighted by Gasteiger charge is 2.27. The number of carbonyl (C=O) groups is 1. The zero-order valence-electron chi connectivity index (χ0n) is 15.3. The molecule has 1 amide bonds. The second-order valence-electron chi connectivity index (χ2n) is 6.60. The van der Waals surface area contributed by atoms with Gasteiger partial charge in [-0.3, -0.25) is 9.10 Å². The maximum atomic E-state index is 13.2. The Kier molecular flexibility index (Phi) is 6.13. The van der Waals surface area contributed by atoms with Crippen molar-refractivity contribution in [2.75, 3.05) is 24.0 Å². The number of rotatable bonds is 7. The van der Waals surface area contributed by atoms with E-state index in [9.17, 15) is 13.2 Å². The summed E-state index contributed by atoms with van der Waals surface area (Å²) in [5.41, 5.74) is 1.38. The summed E-state index contributed by atoms with van der Waals surface area (Å²) in [5.74, 6) is -0.355. The van der Waals surface area contributed by atoms with Gasteiger partial charge in [-0.25, -0.2) is 8.42 Å². The largest absolute Gasteiger partial charge is 0.376 e. The first kappa shape index (κ1) is 19.4. The van der Waals surface area contributed by atoms with Crippen LogP contribution in [0.1, 0.15) is 18.4 Å². The molecule has 1 fully saturated rings. The van der Waals surface area contributed by atoms with Crippen LogP contribution in [0.15, 0.2) is 59.5 Å². The molecule has 1 saturated heterocycles. The zero-order chi connectivity index (χ0) is 19.3. The van der Waals surface area contributed by atoms with Crippen LogP contribution in [0.5, 0.6) is 0 Å². The highest BCUT2D eigenvalue weighted by molar-refractivity contribution is 7.92. The SMILES string of the molecule is Cc1cccc(N(CC(=O)NC[C@@H]2CCCO2)S(=O)(=O)c2ccccc2)c1. The molecule has 1 aliphatic heterocycles. The fourth-order valence-electron chi connectivity index (χ4n) is 3.04. The van der Waals surface area contributed by atoms with Gasteiger partial charge in [-0.2, -0.15) is 0 Å². The predicted octanol–water partition coefficient (Wildman–Crippen LogP) is 2.49. The Balaban J connectivity index is 1.83. The molecule has 144 valence electrons. The Morgan fingerprint density at radius 1 is 1.19 bits per heavy atom. The number of amides is 1. The Morgan fingerprint density at radius 3 is 2.63 bits per heavy atom. The van der Waals surface area contributed by atoms with Crippen LogP contribution in [0.2, 0.25) is 0 Å². The lowest BCUT2D eigenvalue weighted by Gasteiger charge is -2.24. The number of sulfonamides is 1. The number of nitrogens with one attached hydrogen (secondary N) is 1. The van der Waals surface area contributed by atoms with Gasteiger partial charge in [0.2, 0.25) is 5.91 Å². The molecule has 1 N–H and O–H groups in total. The first-order chi connectivity index (χ1) is 13.0. The van der Waals surface area contributed by atoms with Gasteiger partial charge in [0, 0.05) is 13.2 Å². The van der Waals surface area contributed by atoms with E-state index in [4.69, 9.17) is 4.74 Å². The number of anilines is 1. The number of aryl methyl sites for hydroxylation is 1. The summed E-state index contributed by atoms with van der Waals surface area (Å²) in [6.45, 7) is 2.70. The highest BCUT2D eigenvalue weighted by Crippen LogP contribution is 2.24. The molecule has 2 aromatic carbocycles. The fourth-order valence-corrected chi connectivity index (χ4v) is 4.47. The van der Waals surface area contributed by atoms with Gasteiger partial charge in [-0.15, -0.1) is 0 Å². The molecule has 0 spiro atoms. The van der Waals surface area contributed by atoms with Crippen molar-refractivity contribution < 1.29 is 17.9 Å². The van der Waals surface area contributed by atoms with Crippen LogP contribution in [0.25, 0.3) is 0 Å². The molecular formula is C20H24N2O4S. The number of hydrogen-bond acceptors (Lipinski definition) is 4. The molecule has 0 aromatic heterocycles. The van der Waals surface area contributed by atoms with Crippen LogP contribution >= 0.6 is 0 Å². The molecule has 0 aliphatic carbocycles. The molecule has 0 unspecified atom stereocenters. The van der Waals surface area contributed by atoms with Crippen molar-refractivity contribution >= 4 is 21.6 Å². The minimum atomic E-state index is -3.86. The number of carbonyl (C=O) groups excluding carboxylic acids is 1. The summed E-state index contributed by atoms with van der Waals surface area (Å²) in [7, 11) is -3.86. The van der Waals surface area contributed by atoms with Crippen molar-refractivity contribution in [3.63, 3.8) is 0 Å². The van der Waals surface area contributed by atoms with Gasteiger partial charge in [0.15, 0.2) is 0 Å². The van der Waals surface area contributed by atoms with Crippen LogP contribution in [-0.2, 0) is 19.6 Å². The van der Waals surface area contributed by atoms with E-state index in [0.29, 0.717) is 18.8 Å². The van der Waals surface area contributed by atoms with Crippen LogP contribution in [-0.4, -0.2) is 40.1 Å². The summed E-state index contributed by atoms with van der Waals surface area (Å²) in [5, 5.41) is 2.79. The molecule has 0 bridgehead atoms. The molecule has 27 heavy (non-hydrogen) atoms. The minimum absolute atomic E-state index is 0.00657. The van der Waals surface area contributed by atoms with Gasteiger partial charge in [0.05, 0.1) is 16.7 Å². The molecule has 1 aliphatic rings. The van der Waals surface area contributed by atoms with Gasteiger partial charge in [0.1, 0.15) is 6.54 Å². The molecule has 3 rings (SSSR count). The zero-order valence-corrected chi connectivity index (χ0v) is 16.1. The molecule has 7 heteroatoms. The smallest absolute Gasteiger partial charge is 0.264 e. The lowest BCUT2D eigenvalue weighted by molar-refractivity contribution is -0.120. The van der Waals surface area contributed by atoms with Crippen LogP contribution < -0.4 is 9.62 Å². The number of ether oxygens (including phenoxy) is 1. The standard InChI is InChI=1S/C20H24N2O4S/c1-16-7-5-8-17(13-16)22(27(24,25)19-10-3-2-4-11-19)15-20(23)21-14-18-9-6-12-26-18/h2-5,7-8,10-11,13,18H,6,9,12,14-15H2,1H3,(H,21,23)/t18-/m0/s1. The average Bonchev–Trinajstić information content (AvgIpc) is 3.18. The van der Waals surface area contributed by atoms with Gasteiger partial charge < -0.3 is 10.1 Å². The Bertz CT molecular complexity index is 878. The van der Waals surface area contributed by atoms with E-state index in [1.807, 2.05) is 13.0 Å². The normalized spacial score (nSPS) is 16.9.